The Morgan fingerprint density at radius 2 is 1.88 bits per heavy atom. The molecule has 0 aliphatic heterocycles. The molecule has 2 aromatic rings. The first kappa shape index (κ1) is 10.8. The lowest BCUT2D eigenvalue weighted by Gasteiger charge is -2.10. The fraction of sp³-hybridized carbons (Fsp3) is 0.0769. The van der Waals surface area contributed by atoms with Crippen molar-refractivity contribution in [1.82, 2.24) is 0 Å². The van der Waals surface area contributed by atoms with E-state index in [9.17, 15) is 5.11 Å². The third kappa shape index (κ3) is 2.28. The molecule has 0 atom stereocenters. The van der Waals surface area contributed by atoms with E-state index in [1.54, 1.807) is 18.2 Å². The highest BCUT2D eigenvalue weighted by atomic mass is 35.5. The van der Waals surface area contributed by atoms with Gasteiger partial charge in [-0.1, -0.05) is 23.7 Å². The summed E-state index contributed by atoms with van der Waals surface area (Å²) in [4.78, 5) is 0. The van der Waals surface area contributed by atoms with Crippen molar-refractivity contribution in [3.8, 4) is 5.75 Å². The van der Waals surface area contributed by atoms with Gasteiger partial charge in [-0.2, -0.15) is 0 Å². The molecule has 0 unspecified atom stereocenters. The molecule has 0 aliphatic carbocycles. The van der Waals surface area contributed by atoms with Crippen molar-refractivity contribution in [1.29, 1.82) is 0 Å². The number of aromatic hydroxyl groups is 1. The van der Waals surface area contributed by atoms with E-state index in [1.807, 2.05) is 31.2 Å². The molecule has 0 heterocycles. The number of phenols is 1. The summed E-state index contributed by atoms with van der Waals surface area (Å²) in [5.74, 6) is 0.240. The summed E-state index contributed by atoms with van der Waals surface area (Å²) in [6, 6.07) is 12.7. The van der Waals surface area contributed by atoms with Gasteiger partial charge in [-0.15, -0.1) is 0 Å². The Hall–Kier alpha value is -1.67. The number of anilines is 2. The maximum absolute atomic E-state index is 9.35. The van der Waals surface area contributed by atoms with E-state index in [0.29, 0.717) is 0 Å². The summed E-state index contributed by atoms with van der Waals surface area (Å²) in [5.41, 5.74) is 2.77. The molecule has 2 aromatic carbocycles. The molecule has 16 heavy (non-hydrogen) atoms. The van der Waals surface area contributed by atoms with Gasteiger partial charge in [-0.3, -0.25) is 0 Å². The van der Waals surface area contributed by atoms with E-state index in [1.165, 1.54) is 0 Å². The predicted octanol–water partition coefficient (Wildman–Crippen LogP) is 4.10. The van der Waals surface area contributed by atoms with Crippen LogP contribution in [0, 0.1) is 6.92 Å². The fourth-order valence-electron chi connectivity index (χ4n) is 1.48. The van der Waals surface area contributed by atoms with E-state index >= 15 is 0 Å². The average molecular weight is 234 g/mol. The highest BCUT2D eigenvalue weighted by Gasteiger charge is 2.02. The van der Waals surface area contributed by atoms with Crippen LogP contribution in [0.25, 0.3) is 0 Å². The highest BCUT2D eigenvalue weighted by molar-refractivity contribution is 6.31. The molecule has 3 heteroatoms. The Morgan fingerprint density at radius 1 is 1.12 bits per heavy atom. The molecule has 0 radical (unpaired) electrons. The van der Waals surface area contributed by atoms with Crippen molar-refractivity contribution in [2.75, 3.05) is 5.32 Å². The summed E-state index contributed by atoms with van der Waals surface area (Å²) in [7, 11) is 0. The second-order valence-corrected chi connectivity index (χ2v) is 3.99. The molecule has 0 aromatic heterocycles. The molecule has 0 spiro atoms. The second kappa shape index (κ2) is 4.45. The van der Waals surface area contributed by atoms with Crippen LogP contribution in [0.1, 0.15) is 5.56 Å². The first-order valence-electron chi connectivity index (χ1n) is 4.98. The largest absolute Gasteiger partial charge is 0.508 e. The molecular formula is C13H12ClNO. The smallest absolute Gasteiger partial charge is 0.117 e. The monoisotopic (exact) mass is 233 g/mol. The molecule has 82 valence electrons. The number of halogens is 1. The lowest BCUT2D eigenvalue weighted by atomic mass is 10.2. The first-order chi connectivity index (χ1) is 7.66. The van der Waals surface area contributed by atoms with E-state index in [0.717, 1.165) is 22.0 Å². The number of nitrogens with one attached hydrogen (secondary N) is 1. The van der Waals surface area contributed by atoms with Crippen LogP contribution in [0.2, 0.25) is 5.02 Å². The minimum Gasteiger partial charge on any atom is -0.508 e. The van der Waals surface area contributed by atoms with Gasteiger partial charge in [0.1, 0.15) is 5.75 Å². The maximum Gasteiger partial charge on any atom is 0.117 e. The van der Waals surface area contributed by atoms with Crippen molar-refractivity contribution in [2.24, 2.45) is 0 Å². The number of benzene rings is 2. The van der Waals surface area contributed by atoms with Gasteiger partial charge in [0.2, 0.25) is 0 Å². The van der Waals surface area contributed by atoms with Gasteiger partial charge in [-0.05, 0) is 36.8 Å². The molecule has 0 bridgehead atoms. The van der Waals surface area contributed by atoms with Gasteiger partial charge in [0.25, 0.3) is 0 Å². The zero-order valence-electron chi connectivity index (χ0n) is 8.87. The van der Waals surface area contributed by atoms with E-state index in [4.69, 9.17) is 11.6 Å². The van der Waals surface area contributed by atoms with E-state index in [-0.39, 0.29) is 5.75 Å². The minimum atomic E-state index is 0.240. The van der Waals surface area contributed by atoms with E-state index in [2.05, 4.69) is 5.32 Å². The van der Waals surface area contributed by atoms with Gasteiger partial charge in [0.05, 0.1) is 0 Å². The van der Waals surface area contributed by atoms with Gasteiger partial charge < -0.3 is 10.4 Å². The van der Waals surface area contributed by atoms with Crippen LogP contribution in [0.3, 0.4) is 0 Å². The molecule has 2 N–H and O–H groups in total. The van der Waals surface area contributed by atoms with Crippen LogP contribution >= 0.6 is 11.6 Å². The van der Waals surface area contributed by atoms with Crippen LogP contribution < -0.4 is 5.32 Å². The number of hydrogen-bond donors (Lipinski definition) is 2. The lowest BCUT2D eigenvalue weighted by Crippen LogP contribution is -1.92. The zero-order chi connectivity index (χ0) is 11.5. The summed E-state index contributed by atoms with van der Waals surface area (Å²) in [6.45, 7) is 1.95. The molecule has 0 amide bonds. The van der Waals surface area contributed by atoms with Crippen LogP contribution in [0.5, 0.6) is 5.75 Å². The average Bonchev–Trinajstić information content (AvgIpc) is 2.25. The van der Waals surface area contributed by atoms with Crippen molar-refractivity contribution in [2.45, 2.75) is 6.92 Å². The summed E-state index contributed by atoms with van der Waals surface area (Å²) >= 11 is 6.02. The third-order valence-corrected chi connectivity index (χ3v) is 2.80. The molecule has 2 rings (SSSR count). The zero-order valence-corrected chi connectivity index (χ0v) is 9.62. The Kier molecular flexibility index (Phi) is 3.02. The molecule has 0 aliphatic rings. The number of rotatable bonds is 2. The summed E-state index contributed by atoms with van der Waals surface area (Å²) in [6.07, 6.45) is 0. The van der Waals surface area contributed by atoms with Crippen LogP contribution in [-0.2, 0) is 0 Å². The standard InChI is InChI=1S/C13H12ClNO/c1-9-12(14)6-3-7-13(9)15-10-4-2-5-11(16)8-10/h2-8,15-16H,1H3. The van der Waals surface area contributed by atoms with Gasteiger partial charge in [-0.25, -0.2) is 0 Å². The van der Waals surface area contributed by atoms with Gasteiger partial charge in [0, 0.05) is 22.5 Å². The molecule has 0 saturated heterocycles. The Balaban J connectivity index is 2.31. The van der Waals surface area contributed by atoms with Gasteiger partial charge in [0.15, 0.2) is 0 Å². The normalized spacial score (nSPS) is 10.1. The lowest BCUT2D eigenvalue weighted by molar-refractivity contribution is 0.475. The quantitative estimate of drug-likeness (QED) is 0.819. The summed E-state index contributed by atoms with van der Waals surface area (Å²) < 4.78 is 0. The van der Waals surface area contributed by atoms with Crippen molar-refractivity contribution in [3.05, 3.63) is 53.1 Å². The molecule has 0 saturated carbocycles. The van der Waals surface area contributed by atoms with Crippen LogP contribution in [-0.4, -0.2) is 5.11 Å². The minimum absolute atomic E-state index is 0.240. The second-order valence-electron chi connectivity index (χ2n) is 3.59. The van der Waals surface area contributed by atoms with Crippen molar-refractivity contribution in [3.63, 3.8) is 0 Å². The van der Waals surface area contributed by atoms with Crippen LogP contribution in [0.15, 0.2) is 42.5 Å². The Morgan fingerprint density at radius 3 is 2.62 bits per heavy atom. The molecular weight excluding hydrogens is 222 g/mol. The first-order valence-corrected chi connectivity index (χ1v) is 5.36. The van der Waals surface area contributed by atoms with Crippen LogP contribution in [0.4, 0.5) is 11.4 Å². The number of hydrogen-bond acceptors (Lipinski definition) is 2. The maximum atomic E-state index is 9.35. The Labute approximate surface area is 99.5 Å². The molecule has 0 fully saturated rings. The Bertz CT molecular complexity index is 511. The van der Waals surface area contributed by atoms with Gasteiger partial charge >= 0.3 is 0 Å². The summed E-state index contributed by atoms with van der Waals surface area (Å²) in [5, 5.41) is 13.3. The van der Waals surface area contributed by atoms with Crippen molar-refractivity contribution >= 4 is 23.0 Å². The molecule has 2 nitrogen and oxygen atoms in total. The van der Waals surface area contributed by atoms with E-state index < -0.39 is 0 Å². The third-order valence-electron chi connectivity index (χ3n) is 2.39. The predicted molar refractivity (Wildman–Crippen MR) is 67.6 cm³/mol. The fourth-order valence-corrected chi connectivity index (χ4v) is 1.66. The van der Waals surface area contributed by atoms with Crippen molar-refractivity contribution < 1.29 is 5.11 Å². The SMILES string of the molecule is Cc1c(Cl)cccc1Nc1cccc(O)c1. The number of phenolic OH excluding ortho intramolecular Hbond substituents is 1. The topological polar surface area (TPSA) is 32.3 Å². The highest BCUT2D eigenvalue weighted by Crippen LogP contribution is 2.27.